The van der Waals surface area contributed by atoms with E-state index in [4.69, 9.17) is 10.5 Å². The summed E-state index contributed by atoms with van der Waals surface area (Å²) < 4.78 is 31.4. The molecule has 0 aliphatic carbocycles. The molecule has 6 heteroatoms. The standard InChI is InChI=1S/C14H10BrF2NO2/c15-10-5-8(1-3-11(10)16)7-20-14(19)9-2-4-12(17)13(18)6-9/h1-6H,7,18H2. The number of ether oxygens (including phenoxy) is 1. The molecule has 0 amide bonds. The van der Waals surface area contributed by atoms with Crippen LogP contribution in [0, 0.1) is 11.6 Å². The maximum atomic E-state index is 13.0. The van der Waals surface area contributed by atoms with E-state index in [1.807, 2.05) is 0 Å². The zero-order chi connectivity index (χ0) is 14.7. The Hall–Kier alpha value is -1.95. The van der Waals surface area contributed by atoms with Crippen molar-refractivity contribution in [2.45, 2.75) is 6.61 Å². The van der Waals surface area contributed by atoms with Crippen LogP contribution in [0.2, 0.25) is 0 Å². The molecule has 0 fully saturated rings. The number of carbonyl (C=O) groups is 1. The number of hydrogen-bond acceptors (Lipinski definition) is 3. The quantitative estimate of drug-likeness (QED) is 0.684. The summed E-state index contributed by atoms with van der Waals surface area (Å²) in [7, 11) is 0. The summed E-state index contributed by atoms with van der Waals surface area (Å²) in [6.07, 6.45) is 0. The molecule has 0 bridgehead atoms. The van der Waals surface area contributed by atoms with Gasteiger partial charge in [-0.2, -0.15) is 0 Å². The maximum absolute atomic E-state index is 13.0. The van der Waals surface area contributed by atoms with Crippen molar-refractivity contribution >= 4 is 27.6 Å². The van der Waals surface area contributed by atoms with Crippen LogP contribution in [0.3, 0.4) is 0 Å². The Kier molecular flexibility index (Phi) is 4.34. The van der Waals surface area contributed by atoms with Crippen LogP contribution in [-0.2, 0) is 11.3 Å². The van der Waals surface area contributed by atoms with Gasteiger partial charge in [0, 0.05) is 0 Å². The van der Waals surface area contributed by atoms with E-state index in [1.165, 1.54) is 30.3 Å². The number of nitrogens with two attached hydrogens (primary N) is 1. The van der Waals surface area contributed by atoms with Gasteiger partial charge in [-0.3, -0.25) is 0 Å². The number of benzene rings is 2. The van der Waals surface area contributed by atoms with E-state index in [-0.39, 0.29) is 22.3 Å². The third-order valence-corrected chi connectivity index (χ3v) is 3.19. The molecule has 2 aromatic carbocycles. The Labute approximate surface area is 122 Å². The van der Waals surface area contributed by atoms with Gasteiger partial charge in [-0.05, 0) is 51.8 Å². The smallest absolute Gasteiger partial charge is 0.338 e. The lowest BCUT2D eigenvalue weighted by atomic mass is 10.2. The molecule has 0 aliphatic rings. The number of halogens is 3. The van der Waals surface area contributed by atoms with Crippen molar-refractivity contribution < 1.29 is 18.3 Å². The van der Waals surface area contributed by atoms with E-state index in [9.17, 15) is 13.6 Å². The average molecular weight is 342 g/mol. The minimum atomic E-state index is -0.628. The van der Waals surface area contributed by atoms with E-state index in [2.05, 4.69) is 15.9 Å². The molecular formula is C14H10BrF2NO2. The van der Waals surface area contributed by atoms with E-state index in [0.717, 1.165) is 6.07 Å². The van der Waals surface area contributed by atoms with E-state index in [0.29, 0.717) is 5.56 Å². The Morgan fingerprint density at radius 1 is 1.15 bits per heavy atom. The van der Waals surface area contributed by atoms with Gasteiger partial charge in [-0.25, -0.2) is 13.6 Å². The van der Waals surface area contributed by atoms with Crippen molar-refractivity contribution in [1.29, 1.82) is 0 Å². The van der Waals surface area contributed by atoms with E-state index >= 15 is 0 Å². The number of hydrogen-bond donors (Lipinski definition) is 1. The number of esters is 1. The first-order chi connectivity index (χ1) is 9.47. The van der Waals surface area contributed by atoms with Gasteiger partial charge in [0.15, 0.2) is 0 Å². The highest BCUT2D eigenvalue weighted by Gasteiger charge is 2.10. The van der Waals surface area contributed by atoms with Gasteiger partial charge in [0.25, 0.3) is 0 Å². The number of rotatable bonds is 3. The third kappa shape index (κ3) is 3.33. The first-order valence-corrected chi connectivity index (χ1v) is 6.43. The zero-order valence-corrected chi connectivity index (χ0v) is 11.8. The third-order valence-electron chi connectivity index (χ3n) is 2.59. The first kappa shape index (κ1) is 14.5. The minimum absolute atomic E-state index is 0.0189. The Morgan fingerprint density at radius 3 is 2.50 bits per heavy atom. The molecule has 104 valence electrons. The molecule has 0 aromatic heterocycles. The predicted molar refractivity (Wildman–Crippen MR) is 74.0 cm³/mol. The molecule has 2 aromatic rings. The fourth-order valence-corrected chi connectivity index (χ4v) is 1.96. The molecule has 2 rings (SSSR count). The second-order valence-corrected chi connectivity index (χ2v) is 4.92. The highest BCUT2D eigenvalue weighted by atomic mass is 79.9. The van der Waals surface area contributed by atoms with Gasteiger partial charge in [0.1, 0.15) is 18.2 Å². The molecular weight excluding hydrogens is 332 g/mol. The first-order valence-electron chi connectivity index (χ1n) is 5.63. The normalized spacial score (nSPS) is 10.3. The van der Waals surface area contributed by atoms with Crippen molar-refractivity contribution in [3.8, 4) is 0 Å². The maximum Gasteiger partial charge on any atom is 0.338 e. The molecule has 2 N–H and O–H groups in total. The summed E-state index contributed by atoms with van der Waals surface area (Å²) in [5, 5.41) is 0. The van der Waals surface area contributed by atoms with Crippen LogP contribution in [0.1, 0.15) is 15.9 Å². The van der Waals surface area contributed by atoms with Crippen molar-refractivity contribution in [2.24, 2.45) is 0 Å². The van der Waals surface area contributed by atoms with Gasteiger partial charge < -0.3 is 10.5 Å². The summed E-state index contributed by atoms with van der Waals surface area (Å²) >= 11 is 3.04. The summed E-state index contributed by atoms with van der Waals surface area (Å²) in [6.45, 7) is -0.0189. The largest absolute Gasteiger partial charge is 0.457 e. The lowest BCUT2D eigenvalue weighted by Crippen LogP contribution is -2.06. The van der Waals surface area contributed by atoms with Crippen LogP contribution in [0.5, 0.6) is 0 Å². The van der Waals surface area contributed by atoms with Crippen LogP contribution < -0.4 is 5.73 Å². The fourth-order valence-electron chi connectivity index (χ4n) is 1.53. The minimum Gasteiger partial charge on any atom is -0.457 e. The predicted octanol–water partition coefficient (Wildman–Crippen LogP) is 3.67. The monoisotopic (exact) mass is 341 g/mol. The highest BCUT2D eigenvalue weighted by molar-refractivity contribution is 9.10. The van der Waals surface area contributed by atoms with Gasteiger partial charge in [0.05, 0.1) is 15.7 Å². The van der Waals surface area contributed by atoms with E-state index in [1.54, 1.807) is 0 Å². The molecule has 3 nitrogen and oxygen atoms in total. The molecule has 0 spiro atoms. The van der Waals surface area contributed by atoms with Crippen molar-refractivity contribution in [3.05, 3.63) is 63.6 Å². The molecule has 0 heterocycles. The Bertz CT molecular complexity index is 662. The lowest BCUT2D eigenvalue weighted by Gasteiger charge is -2.06. The van der Waals surface area contributed by atoms with Crippen LogP contribution >= 0.6 is 15.9 Å². The lowest BCUT2D eigenvalue weighted by molar-refractivity contribution is 0.0472. The Balaban J connectivity index is 2.04. The van der Waals surface area contributed by atoms with Gasteiger partial charge in [-0.1, -0.05) is 6.07 Å². The van der Waals surface area contributed by atoms with Gasteiger partial charge >= 0.3 is 5.97 Å². The van der Waals surface area contributed by atoms with Gasteiger partial charge in [-0.15, -0.1) is 0 Å². The number of nitrogen functional groups attached to an aromatic ring is 1. The van der Waals surface area contributed by atoms with Crippen molar-refractivity contribution in [2.75, 3.05) is 5.73 Å². The van der Waals surface area contributed by atoms with Crippen LogP contribution in [0.15, 0.2) is 40.9 Å². The highest BCUT2D eigenvalue weighted by Crippen LogP contribution is 2.18. The molecule has 0 atom stereocenters. The molecule has 0 unspecified atom stereocenters. The number of carbonyl (C=O) groups excluding carboxylic acids is 1. The van der Waals surface area contributed by atoms with Crippen LogP contribution in [0.4, 0.5) is 14.5 Å². The molecule has 0 saturated heterocycles. The number of anilines is 1. The summed E-state index contributed by atoms with van der Waals surface area (Å²) in [5.74, 6) is -1.62. The van der Waals surface area contributed by atoms with Crippen LogP contribution in [-0.4, -0.2) is 5.97 Å². The van der Waals surface area contributed by atoms with Crippen molar-refractivity contribution in [1.82, 2.24) is 0 Å². The molecule has 20 heavy (non-hydrogen) atoms. The van der Waals surface area contributed by atoms with Crippen molar-refractivity contribution in [3.63, 3.8) is 0 Å². The summed E-state index contributed by atoms with van der Waals surface area (Å²) in [5.41, 5.74) is 6.03. The van der Waals surface area contributed by atoms with Gasteiger partial charge in [0.2, 0.25) is 0 Å². The SMILES string of the molecule is Nc1cc(C(=O)OCc2ccc(F)c(Br)c2)ccc1F. The van der Waals surface area contributed by atoms with Crippen LogP contribution in [0.25, 0.3) is 0 Å². The molecule has 0 aliphatic heterocycles. The average Bonchev–Trinajstić information content (AvgIpc) is 2.43. The zero-order valence-electron chi connectivity index (χ0n) is 10.2. The Morgan fingerprint density at radius 2 is 1.85 bits per heavy atom. The summed E-state index contributed by atoms with van der Waals surface area (Å²) in [4.78, 5) is 11.7. The topological polar surface area (TPSA) is 52.3 Å². The second kappa shape index (κ2) is 6.00. The summed E-state index contributed by atoms with van der Waals surface area (Å²) in [6, 6.07) is 7.88. The van der Waals surface area contributed by atoms with E-state index < -0.39 is 17.6 Å². The molecule has 0 saturated carbocycles. The molecule has 0 radical (unpaired) electrons. The fraction of sp³-hybridized carbons (Fsp3) is 0.0714. The second-order valence-electron chi connectivity index (χ2n) is 4.06.